The van der Waals surface area contributed by atoms with Crippen molar-refractivity contribution in [3.8, 4) is 0 Å². The smallest absolute Gasteiger partial charge is 0.356 e. The van der Waals surface area contributed by atoms with Gasteiger partial charge in [0.25, 0.3) is 0 Å². The van der Waals surface area contributed by atoms with Crippen LogP contribution in [0, 0.1) is 0 Å². The number of halogens is 1. The first-order valence-corrected chi connectivity index (χ1v) is 6.62. The van der Waals surface area contributed by atoms with E-state index in [4.69, 9.17) is 16.7 Å². The zero-order chi connectivity index (χ0) is 14.7. The topological polar surface area (TPSA) is 62.2 Å². The van der Waals surface area contributed by atoms with Crippen molar-refractivity contribution in [2.45, 2.75) is 19.8 Å². The first-order chi connectivity index (χ1) is 9.47. The predicted molar refractivity (Wildman–Crippen MR) is 80.0 cm³/mol. The molecular formula is C15H15ClN2O2. The highest BCUT2D eigenvalue weighted by Crippen LogP contribution is 2.23. The van der Waals surface area contributed by atoms with E-state index in [-0.39, 0.29) is 10.7 Å². The molecular weight excluding hydrogens is 276 g/mol. The van der Waals surface area contributed by atoms with Crippen LogP contribution in [0.4, 0.5) is 11.5 Å². The molecule has 4 nitrogen and oxygen atoms in total. The maximum absolute atomic E-state index is 11.0. The molecule has 0 radical (unpaired) electrons. The summed E-state index contributed by atoms with van der Waals surface area (Å²) < 4.78 is 0. The Balaban J connectivity index is 2.28. The molecule has 1 aromatic heterocycles. The lowest BCUT2D eigenvalue weighted by Crippen LogP contribution is -2.04. The molecule has 2 N–H and O–H groups in total. The Morgan fingerprint density at radius 2 is 2.05 bits per heavy atom. The summed E-state index contributed by atoms with van der Waals surface area (Å²) in [6, 6.07) is 11.1. The Bertz CT molecular complexity index is 642. The van der Waals surface area contributed by atoms with Crippen LogP contribution in [0.1, 0.15) is 35.8 Å². The van der Waals surface area contributed by atoms with Gasteiger partial charge in [-0.15, -0.1) is 0 Å². The van der Waals surface area contributed by atoms with E-state index >= 15 is 0 Å². The fourth-order valence-electron chi connectivity index (χ4n) is 1.79. The summed E-state index contributed by atoms with van der Waals surface area (Å²) in [6.07, 6.45) is 0. The van der Waals surface area contributed by atoms with Crippen molar-refractivity contribution in [3.05, 3.63) is 52.7 Å². The minimum atomic E-state index is -1.14. The maximum atomic E-state index is 11.0. The number of carbonyl (C=O) groups is 1. The molecule has 5 heteroatoms. The molecule has 0 spiro atoms. The molecule has 0 unspecified atom stereocenters. The van der Waals surface area contributed by atoms with Crippen molar-refractivity contribution in [3.63, 3.8) is 0 Å². The number of aromatic nitrogens is 1. The Hall–Kier alpha value is -2.07. The summed E-state index contributed by atoms with van der Waals surface area (Å²) in [5.74, 6) is -0.271. The van der Waals surface area contributed by atoms with Crippen molar-refractivity contribution < 1.29 is 9.90 Å². The third-order valence-corrected chi connectivity index (χ3v) is 3.18. The van der Waals surface area contributed by atoms with Crippen LogP contribution in [-0.4, -0.2) is 16.1 Å². The summed E-state index contributed by atoms with van der Waals surface area (Å²) >= 11 is 5.79. The average Bonchev–Trinajstić information content (AvgIpc) is 2.41. The highest BCUT2D eigenvalue weighted by molar-refractivity contribution is 6.33. The number of carboxylic acids is 1. The molecule has 0 saturated heterocycles. The second-order valence-electron chi connectivity index (χ2n) is 4.74. The standard InChI is InChI=1S/C15H15ClN2O2/c1-9(2)10-4-3-5-11(8-10)17-13-7-6-12(16)14(18-13)15(19)20/h3-9H,1-2H3,(H,17,18)(H,19,20). The van der Waals surface area contributed by atoms with E-state index in [0.717, 1.165) is 5.69 Å². The van der Waals surface area contributed by atoms with Crippen molar-refractivity contribution in [1.29, 1.82) is 0 Å². The van der Waals surface area contributed by atoms with Gasteiger partial charge in [0.15, 0.2) is 5.69 Å². The number of rotatable bonds is 4. The largest absolute Gasteiger partial charge is 0.476 e. The van der Waals surface area contributed by atoms with Gasteiger partial charge in [-0.25, -0.2) is 9.78 Å². The van der Waals surface area contributed by atoms with Gasteiger partial charge in [-0.3, -0.25) is 0 Å². The number of nitrogens with one attached hydrogen (secondary N) is 1. The lowest BCUT2D eigenvalue weighted by atomic mass is 10.0. The first kappa shape index (κ1) is 14.3. The summed E-state index contributed by atoms with van der Waals surface area (Å²) in [7, 11) is 0. The average molecular weight is 291 g/mol. The second kappa shape index (κ2) is 5.92. The van der Waals surface area contributed by atoms with Crippen LogP contribution < -0.4 is 5.32 Å². The monoisotopic (exact) mass is 290 g/mol. The summed E-state index contributed by atoms with van der Waals surface area (Å²) in [5.41, 5.74) is 1.90. The molecule has 2 aromatic rings. The van der Waals surface area contributed by atoms with E-state index in [1.54, 1.807) is 6.07 Å². The van der Waals surface area contributed by atoms with Gasteiger partial charge in [-0.05, 0) is 35.7 Å². The van der Waals surface area contributed by atoms with Gasteiger partial charge in [0, 0.05) is 5.69 Å². The Kier molecular flexibility index (Phi) is 4.25. The number of nitrogens with zero attached hydrogens (tertiary/aromatic N) is 1. The summed E-state index contributed by atoms with van der Waals surface area (Å²) in [4.78, 5) is 15.0. The zero-order valence-electron chi connectivity index (χ0n) is 11.2. The molecule has 0 aliphatic heterocycles. The zero-order valence-corrected chi connectivity index (χ0v) is 12.0. The van der Waals surface area contributed by atoms with E-state index in [2.05, 4.69) is 24.1 Å². The van der Waals surface area contributed by atoms with E-state index in [0.29, 0.717) is 11.7 Å². The number of hydrogen-bond acceptors (Lipinski definition) is 3. The van der Waals surface area contributed by atoms with Crippen LogP contribution in [0.5, 0.6) is 0 Å². The molecule has 20 heavy (non-hydrogen) atoms. The summed E-state index contributed by atoms with van der Waals surface area (Å²) in [5, 5.41) is 12.2. The van der Waals surface area contributed by atoms with Crippen molar-refractivity contribution in [1.82, 2.24) is 4.98 Å². The van der Waals surface area contributed by atoms with Crippen molar-refractivity contribution in [2.75, 3.05) is 5.32 Å². The van der Waals surface area contributed by atoms with Gasteiger partial charge in [-0.1, -0.05) is 37.6 Å². The number of benzene rings is 1. The fraction of sp³-hybridized carbons (Fsp3) is 0.200. The minimum absolute atomic E-state index is 0.124. The Morgan fingerprint density at radius 3 is 2.70 bits per heavy atom. The normalized spacial score (nSPS) is 10.6. The minimum Gasteiger partial charge on any atom is -0.476 e. The lowest BCUT2D eigenvalue weighted by molar-refractivity contribution is 0.0691. The highest BCUT2D eigenvalue weighted by atomic mass is 35.5. The summed E-state index contributed by atoms with van der Waals surface area (Å²) in [6.45, 7) is 4.23. The van der Waals surface area contributed by atoms with Crippen LogP contribution in [0.3, 0.4) is 0 Å². The molecule has 1 heterocycles. The maximum Gasteiger partial charge on any atom is 0.356 e. The number of pyridine rings is 1. The number of hydrogen-bond donors (Lipinski definition) is 2. The van der Waals surface area contributed by atoms with Gasteiger partial charge < -0.3 is 10.4 Å². The number of aromatic carboxylic acids is 1. The van der Waals surface area contributed by atoms with Gasteiger partial charge in [0.05, 0.1) is 5.02 Å². The van der Waals surface area contributed by atoms with Crippen LogP contribution in [0.15, 0.2) is 36.4 Å². The molecule has 2 rings (SSSR count). The molecule has 0 fully saturated rings. The van der Waals surface area contributed by atoms with Gasteiger partial charge >= 0.3 is 5.97 Å². The fourth-order valence-corrected chi connectivity index (χ4v) is 1.97. The third kappa shape index (κ3) is 3.27. The number of anilines is 2. The van der Waals surface area contributed by atoms with Gasteiger partial charge in [-0.2, -0.15) is 0 Å². The molecule has 104 valence electrons. The molecule has 0 atom stereocenters. The SMILES string of the molecule is CC(C)c1cccc(Nc2ccc(Cl)c(C(=O)O)n2)c1. The molecule has 0 saturated carbocycles. The predicted octanol–water partition coefficient (Wildman–Crippen LogP) is 4.30. The van der Waals surface area contributed by atoms with E-state index in [9.17, 15) is 4.79 Å². The van der Waals surface area contributed by atoms with Crippen LogP contribution in [0.25, 0.3) is 0 Å². The van der Waals surface area contributed by atoms with Crippen LogP contribution >= 0.6 is 11.6 Å². The van der Waals surface area contributed by atoms with Gasteiger partial charge in [0.2, 0.25) is 0 Å². The second-order valence-corrected chi connectivity index (χ2v) is 5.14. The van der Waals surface area contributed by atoms with Crippen molar-refractivity contribution in [2.24, 2.45) is 0 Å². The van der Waals surface area contributed by atoms with Crippen LogP contribution in [-0.2, 0) is 0 Å². The van der Waals surface area contributed by atoms with E-state index in [1.807, 2.05) is 24.3 Å². The highest BCUT2D eigenvalue weighted by Gasteiger charge is 2.11. The molecule has 0 bridgehead atoms. The van der Waals surface area contributed by atoms with E-state index in [1.165, 1.54) is 11.6 Å². The lowest BCUT2D eigenvalue weighted by Gasteiger charge is -2.10. The Morgan fingerprint density at radius 1 is 1.30 bits per heavy atom. The third-order valence-electron chi connectivity index (χ3n) is 2.87. The first-order valence-electron chi connectivity index (χ1n) is 6.24. The van der Waals surface area contributed by atoms with E-state index < -0.39 is 5.97 Å². The quantitative estimate of drug-likeness (QED) is 0.881. The number of carboxylic acid groups (broad SMARTS) is 1. The van der Waals surface area contributed by atoms with Crippen molar-refractivity contribution >= 4 is 29.1 Å². The van der Waals surface area contributed by atoms with Crippen LogP contribution in [0.2, 0.25) is 5.02 Å². The molecule has 0 aliphatic rings. The van der Waals surface area contributed by atoms with Gasteiger partial charge in [0.1, 0.15) is 5.82 Å². The molecule has 1 aromatic carbocycles. The molecule has 0 aliphatic carbocycles. The Labute approximate surface area is 122 Å². The molecule has 0 amide bonds.